The van der Waals surface area contributed by atoms with Gasteiger partial charge in [-0.15, -0.1) is 0 Å². The molecule has 0 aromatic heterocycles. The molecule has 2 aliphatic carbocycles. The summed E-state index contributed by atoms with van der Waals surface area (Å²) in [6, 6.07) is 10.2. The van der Waals surface area contributed by atoms with Crippen molar-refractivity contribution < 1.29 is 28.5 Å². The van der Waals surface area contributed by atoms with Gasteiger partial charge >= 0.3 is 11.9 Å². The van der Waals surface area contributed by atoms with E-state index in [1.807, 2.05) is 18.2 Å². The number of carbonyl (C=O) groups is 2. The fourth-order valence-electron chi connectivity index (χ4n) is 6.96. The lowest BCUT2D eigenvalue weighted by Gasteiger charge is -2.61. The maximum Gasteiger partial charge on any atom is 0.302 e. The number of carbonyl (C=O) groups excluding carboxylic acids is 2. The van der Waals surface area contributed by atoms with E-state index in [1.165, 1.54) is 13.8 Å². The molecule has 4 aliphatic rings. The first-order valence-electron chi connectivity index (χ1n) is 11.9. The molecule has 178 valence electrons. The molecule has 0 unspecified atom stereocenters. The maximum atomic E-state index is 12.0. The zero-order valence-corrected chi connectivity index (χ0v) is 20.1. The Balaban J connectivity index is 1.63. The Labute approximate surface area is 195 Å². The summed E-state index contributed by atoms with van der Waals surface area (Å²) in [6.07, 6.45) is 5.45. The molecule has 2 heterocycles. The lowest BCUT2D eigenvalue weighted by atomic mass is 9.48. The van der Waals surface area contributed by atoms with Crippen molar-refractivity contribution in [1.29, 1.82) is 0 Å². The normalized spacial score (nSPS) is 42.7. The van der Waals surface area contributed by atoms with Crippen LogP contribution < -0.4 is 0 Å². The van der Waals surface area contributed by atoms with Gasteiger partial charge in [-0.05, 0) is 24.8 Å². The zero-order valence-electron chi connectivity index (χ0n) is 20.1. The van der Waals surface area contributed by atoms with Crippen LogP contribution in [0.1, 0.15) is 59.4 Å². The third kappa shape index (κ3) is 3.28. The second-order valence-corrected chi connectivity index (χ2v) is 11.2. The highest BCUT2D eigenvalue weighted by Gasteiger charge is 2.82. The minimum Gasteiger partial charge on any atom is -0.462 e. The average molecular weight is 455 g/mol. The summed E-state index contributed by atoms with van der Waals surface area (Å²) in [6.45, 7) is 10.0. The highest BCUT2D eigenvalue weighted by atomic mass is 16.7. The van der Waals surface area contributed by atoms with Gasteiger partial charge in [0.1, 0.15) is 23.9 Å². The van der Waals surface area contributed by atoms with Crippen molar-refractivity contribution in [3.8, 4) is 0 Å². The molecule has 1 spiro atoms. The van der Waals surface area contributed by atoms with Gasteiger partial charge in [-0.25, -0.2) is 0 Å². The molecule has 0 N–H and O–H groups in total. The van der Waals surface area contributed by atoms with E-state index in [4.69, 9.17) is 18.9 Å². The fraction of sp³-hybridized carbons (Fsp3) is 0.630. The van der Waals surface area contributed by atoms with Crippen LogP contribution >= 0.6 is 0 Å². The van der Waals surface area contributed by atoms with E-state index < -0.39 is 11.0 Å². The SMILES string of the molecule is CC(=O)O[C@H]1C[C@@]2(/C=C/c3ccccc3)[C@@H](CC1(C)C)O[C@@H]1[C@H](OC(C)=O)C[C@@]2(C)[C@]12CO2. The van der Waals surface area contributed by atoms with Crippen molar-refractivity contribution in [2.75, 3.05) is 6.61 Å². The number of esters is 2. The summed E-state index contributed by atoms with van der Waals surface area (Å²) >= 11 is 0. The Morgan fingerprint density at radius 2 is 1.67 bits per heavy atom. The van der Waals surface area contributed by atoms with Crippen molar-refractivity contribution >= 4 is 18.0 Å². The Morgan fingerprint density at radius 3 is 2.27 bits per heavy atom. The van der Waals surface area contributed by atoms with E-state index in [0.29, 0.717) is 19.4 Å². The molecule has 6 nitrogen and oxygen atoms in total. The Hall–Kier alpha value is -2.18. The van der Waals surface area contributed by atoms with Gasteiger partial charge in [-0.1, -0.05) is 63.3 Å². The van der Waals surface area contributed by atoms with E-state index in [-0.39, 0.29) is 47.2 Å². The van der Waals surface area contributed by atoms with E-state index in [9.17, 15) is 9.59 Å². The molecule has 0 radical (unpaired) electrons. The molecule has 5 rings (SSSR count). The summed E-state index contributed by atoms with van der Waals surface area (Å²) in [5.41, 5.74) is -0.422. The summed E-state index contributed by atoms with van der Waals surface area (Å²) in [5, 5.41) is 0. The summed E-state index contributed by atoms with van der Waals surface area (Å²) < 4.78 is 24.7. The molecule has 1 aromatic carbocycles. The molecule has 33 heavy (non-hydrogen) atoms. The Morgan fingerprint density at radius 1 is 1.00 bits per heavy atom. The lowest BCUT2D eigenvalue weighted by molar-refractivity contribution is -0.245. The van der Waals surface area contributed by atoms with Crippen LogP contribution in [0.5, 0.6) is 0 Å². The topological polar surface area (TPSA) is 74.4 Å². The van der Waals surface area contributed by atoms with E-state index >= 15 is 0 Å². The first kappa shape index (κ1) is 22.6. The highest BCUT2D eigenvalue weighted by Crippen LogP contribution is 2.73. The standard InChI is InChI=1S/C27H34O6/c1-17(28)31-20-13-25(5)26(12-11-19-9-7-6-8-10-19)15-21(32-18(2)29)24(3,4)14-22(26)33-23(20)27(25)16-30-27/h6-12,20-23H,13-16H2,1-5H3/b12-11+/t20-,21+,22-,23-,25-,26+,27+/m1/s1. The predicted octanol–water partition coefficient (Wildman–Crippen LogP) is 4.32. The molecule has 1 aromatic rings. The van der Waals surface area contributed by atoms with Gasteiger partial charge in [-0.3, -0.25) is 9.59 Å². The summed E-state index contributed by atoms with van der Waals surface area (Å²) in [4.78, 5) is 24.0. The number of hydrogen-bond acceptors (Lipinski definition) is 6. The number of epoxide rings is 1. The quantitative estimate of drug-likeness (QED) is 0.498. The van der Waals surface area contributed by atoms with Crippen molar-refractivity contribution in [2.24, 2.45) is 16.2 Å². The van der Waals surface area contributed by atoms with Gasteiger partial charge in [0.25, 0.3) is 0 Å². The first-order valence-corrected chi connectivity index (χ1v) is 11.9. The second kappa shape index (κ2) is 7.41. The smallest absolute Gasteiger partial charge is 0.302 e. The van der Waals surface area contributed by atoms with Crippen molar-refractivity contribution in [3.05, 3.63) is 42.0 Å². The van der Waals surface area contributed by atoms with E-state index in [0.717, 1.165) is 12.0 Å². The molecule has 2 bridgehead atoms. The molecule has 4 fully saturated rings. The van der Waals surface area contributed by atoms with Crippen LogP contribution in [0.2, 0.25) is 0 Å². The van der Waals surface area contributed by atoms with Crippen LogP contribution in [-0.4, -0.2) is 48.6 Å². The lowest BCUT2D eigenvalue weighted by Crippen LogP contribution is -2.66. The van der Waals surface area contributed by atoms with Gasteiger partial charge < -0.3 is 18.9 Å². The Bertz CT molecular complexity index is 980. The van der Waals surface area contributed by atoms with Gasteiger partial charge in [0.15, 0.2) is 0 Å². The van der Waals surface area contributed by atoms with Crippen molar-refractivity contribution in [2.45, 2.75) is 83.9 Å². The summed E-state index contributed by atoms with van der Waals surface area (Å²) in [5.74, 6) is -0.569. The first-order chi connectivity index (χ1) is 15.5. The average Bonchev–Trinajstić information content (AvgIpc) is 3.50. The fourth-order valence-corrected chi connectivity index (χ4v) is 6.96. The molecular formula is C27H34O6. The van der Waals surface area contributed by atoms with Gasteiger partial charge in [0.05, 0.1) is 12.7 Å². The van der Waals surface area contributed by atoms with Crippen LogP contribution in [0.3, 0.4) is 0 Å². The molecule has 2 aliphatic heterocycles. The van der Waals surface area contributed by atoms with Crippen LogP contribution in [0, 0.1) is 16.2 Å². The molecule has 2 saturated heterocycles. The number of fused-ring (bicyclic) bond motifs is 2. The van der Waals surface area contributed by atoms with Crippen molar-refractivity contribution in [1.82, 2.24) is 0 Å². The zero-order chi connectivity index (χ0) is 23.6. The molecule has 7 atom stereocenters. The van der Waals surface area contributed by atoms with E-state index in [1.54, 1.807) is 0 Å². The number of ether oxygens (including phenoxy) is 4. The minimum atomic E-state index is -0.493. The number of benzene rings is 1. The largest absolute Gasteiger partial charge is 0.462 e. The van der Waals surface area contributed by atoms with Gasteiger partial charge in [0, 0.05) is 30.1 Å². The van der Waals surface area contributed by atoms with Gasteiger partial charge in [-0.2, -0.15) is 0 Å². The van der Waals surface area contributed by atoms with Crippen molar-refractivity contribution in [3.63, 3.8) is 0 Å². The van der Waals surface area contributed by atoms with Crippen LogP contribution in [0.25, 0.3) is 6.08 Å². The monoisotopic (exact) mass is 454 g/mol. The molecule has 6 heteroatoms. The van der Waals surface area contributed by atoms with Gasteiger partial charge in [0.2, 0.25) is 0 Å². The minimum absolute atomic E-state index is 0.107. The van der Waals surface area contributed by atoms with E-state index in [2.05, 4.69) is 45.1 Å². The molecular weight excluding hydrogens is 420 g/mol. The maximum absolute atomic E-state index is 12.0. The van der Waals surface area contributed by atoms with Crippen LogP contribution in [-0.2, 0) is 28.5 Å². The number of hydrogen-bond donors (Lipinski definition) is 0. The third-order valence-corrected chi connectivity index (χ3v) is 8.81. The molecule has 2 saturated carbocycles. The highest BCUT2D eigenvalue weighted by molar-refractivity contribution is 5.67. The third-order valence-electron chi connectivity index (χ3n) is 8.81. The van der Waals surface area contributed by atoms with Crippen LogP contribution in [0.15, 0.2) is 36.4 Å². The van der Waals surface area contributed by atoms with Crippen LogP contribution in [0.4, 0.5) is 0 Å². The predicted molar refractivity (Wildman–Crippen MR) is 122 cm³/mol. The molecule has 0 amide bonds. The number of rotatable bonds is 4. The second-order valence-electron chi connectivity index (χ2n) is 11.2. The summed E-state index contributed by atoms with van der Waals surface area (Å²) in [7, 11) is 0. The Kier molecular flexibility index (Phi) is 5.07.